The van der Waals surface area contributed by atoms with Crippen molar-refractivity contribution >= 4 is 23.4 Å². The Labute approximate surface area is 177 Å². The smallest absolute Gasteiger partial charge is 0.410 e. The summed E-state index contributed by atoms with van der Waals surface area (Å²) in [6, 6.07) is 5.91. The zero-order chi connectivity index (χ0) is 21.1. The predicted octanol–water partition coefficient (Wildman–Crippen LogP) is 3.64. The average Bonchev–Trinajstić information content (AvgIpc) is 3.19. The van der Waals surface area contributed by atoms with Crippen LogP contribution in [0, 0.1) is 0 Å². The van der Waals surface area contributed by atoms with Crippen molar-refractivity contribution in [1.29, 1.82) is 0 Å². The Balaban J connectivity index is 1.83. The van der Waals surface area contributed by atoms with Gasteiger partial charge in [-0.05, 0) is 61.2 Å². The molecule has 8 heteroatoms. The summed E-state index contributed by atoms with van der Waals surface area (Å²) in [7, 11) is 1.75. The highest BCUT2D eigenvalue weighted by atomic mass is 32.1. The first-order valence-electron chi connectivity index (χ1n) is 9.70. The van der Waals surface area contributed by atoms with E-state index in [2.05, 4.69) is 37.4 Å². The van der Waals surface area contributed by atoms with E-state index in [1.165, 1.54) is 5.56 Å². The number of carbonyl (C=O) groups excluding carboxylic acids is 1. The van der Waals surface area contributed by atoms with Gasteiger partial charge in [-0.2, -0.15) is 11.3 Å². The number of aliphatic imine (C=N–C) groups is 1. The third kappa shape index (κ3) is 8.95. The lowest BCUT2D eigenvalue weighted by Crippen LogP contribution is -2.40. The van der Waals surface area contributed by atoms with Gasteiger partial charge in [-0.1, -0.05) is 6.07 Å². The maximum atomic E-state index is 12.6. The monoisotopic (exact) mass is 417 g/mol. The summed E-state index contributed by atoms with van der Waals surface area (Å²) in [5.74, 6) is 0.743. The lowest BCUT2D eigenvalue weighted by Gasteiger charge is -2.27. The van der Waals surface area contributed by atoms with Gasteiger partial charge in [-0.15, -0.1) is 0 Å². The molecule has 2 N–H and O–H groups in total. The van der Waals surface area contributed by atoms with Crippen LogP contribution in [0.2, 0.25) is 0 Å². The van der Waals surface area contributed by atoms with Gasteiger partial charge in [0.15, 0.2) is 5.96 Å². The van der Waals surface area contributed by atoms with Crippen molar-refractivity contribution in [2.24, 2.45) is 4.99 Å². The summed E-state index contributed by atoms with van der Waals surface area (Å²) in [6.07, 6.45) is 3.94. The number of thiophene rings is 1. The van der Waals surface area contributed by atoms with Gasteiger partial charge in [0.05, 0.1) is 6.54 Å². The van der Waals surface area contributed by atoms with Gasteiger partial charge >= 0.3 is 6.09 Å². The summed E-state index contributed by atoms with van der Waals surface area (Å²) in [6.45, 7) is 8.07. The number of nitrogens with zero attached hydrogens (tertiary/aromatic N) is 3. The van der Waals surface area contributed by atoms with E-state index in [0.717, 1.165) is 24.5 Å². The fraction of sp³-hybridized carbons (Fsp3) is 0.476. The second kappa shape index (κ2) is 11.4. The summed E-state index contributed by atoms with van der Waals surface area (Å²) in [4.78, 5) is 22.7. The molecule has 1 amide bonds. The van der Waals surface area contributed by atoms with Crippen molar-refractivity contribution in [2.45, 2.75) is 45.9 Å². The van der Waals surface area contributed by atoms with Crippen LogP contribution in [-0.2, 0) is 17.8 Å². The number of ether oxygens (including phenoxy) is 1. The molecule has 158 valence electrons. The van der Waals surface area contributed by atoms with Crippen molar-refractivity contribution < 1.29 is 9.53 Å². The highest BCUT2D eigenvalue weighted by molar-refractivity contribution is 7.07. The largest absolute Gasteiger partial charge is 0.444 e. The van der Waals surface area contributed by atoms with E-state index >= 15 is 0 Å². The van der Waals surface area contributed by atoms with Crippen LogP contribution in [0.5, 0.6) is 0 Å². The molecule has 7 nitrogen and oxygen atoms in total. The number of rotatable bonds is 8. The van der Waals surface area contributed by atoms with E-state index in [-0.39, 0.29) is 6.09 Å². The first kappa shape index (κ1) is 22.7. The third-order valence-corrected chi connectivity index (χ3v) is 4.64. The van der Waals surface area contributed by atoms with Crippen LogP contribution < -0.4 is 10.6 Å². The molecule has 0 bridgehead atoms. The number of pyridine rings is 1. The van der Waals surface area contributed by atoms with Gasteiger partial charge in [0.1, 0.15) is 5.60 Å². The van der Waals surface area contributed by atoms with Crippen molar-refractivity contribution in [3.8, 4) is 0 Å². The van der Waals surface area contributed by atoms with Crippen LogP contribution >= 0.6 is 11.3 Å². The van der Waals surface area contributed by atoms with Crippen molar-refractivity contribution in [2.75, 3.05) is 20.1 Å². The number of guanidine groups is 1. The summed E-state index contributed by atoms with van der Waals surface area (Å²) >= 11 is 1.68. The molecule has 2 rings (SSSR count). The minimum absolute atomic E-state index is 0.318. The minimum atomic E-state index is -0.532. The van der Waals surface area contributed by atoms with Crippen molar-refractivity contribution in [3.63, 3.8) is 0 Å². The molecule has 0 aliphatic rings. The number of nitrogens with one attached hydrogen (secondary N) is 2. The van der Waals surface area contributed by atoms with Crippen molar-refractivity contribution in [1.82, 2.24) is 20.5 Å². The molecule has 0 aromatic carbocycles. The number of aromatic nitrogens is 1. The lowest BCUT2D eigenvalue weighted by molar-refractivity contribution is 0.0232. The fourth-order valence-corrected chi connectivity index (χ4v) is 3.22. The zero-order valence-corrected chi connectivity index (χ0v) is 18.5. The average molecular weight is 418 g/mol. The third-order valence-electron chi connectivity index (χ3n) is 3.91. The minimum Gasteiger partial charge on any atom is -0.444 e. The molecule has 0 atom stereocenters. The number of hydrogen-bond donors (Lipinski definition) is 2. The SMILES string of the molecule is CN=C(NCCCN(Cc1cccnc1)C(=O)OC(C)(C)C)NCc1ccsc1. The Morgan fingerprint density at radius 2 is 2.10 bits per heavy atom. The molecule has 0 aliphatic carbocycles. The Morgan fingerprint density at radius 3 is 2.72 bits per heavy atom. The summed E-state index contributed by atoms with van der Waals surface area (Å²) < 4.78 is 5.56. The maximum absolute atomic E-state index is 12.6. The molecular weight excluding hydrogens is 386 g/mol. The van der Waals surface area contributed by atoms with Gasteiger partial charge < -0.3 is 20.3 Å². The Bertz CT molecular complexity index is 757. The van der Waals surface area contributed by atoms with E-state index in [0.29, 0.717) is 19.6 Å². The van der Waals surface area contributed by atoms with Gasteiger partial charge in [-0.25, -0.2) is 4.79 Å². The van der Waals surface area contributed by atoms with Crippen LogP contribution in [0.25, 0.3) is 0 Å². The summed E-state index contributed by atoms with van der Waals surface area (Å²) in [5, 5.41) is 10.7. The fourth-order valence-electron chi connectivity index (χ4n) is 2.55. The zero-order valence-electron chi connectivity index (χ0n) is 17.6. The molecule has 0 saturated carbocycles. The predicted molar refractivity (Wildman–Crippen MR) is 118 cm³/mol. The van der Waals surface area contributed by atoms with Gasteiger partial charge in [0.25, 0.3) is 0 Å². The number of amides is 1. The van der Waals surface area contributed by atoms with Gasteiger partial charge in [0.2, 0.25) is 0 Å². The van der Waals surface area contributed by atoms with Crippen LogP contribution in [0.1, 0.15) is 38.3 Å². The molecule has 2 heterocycles. The van der Waals surface area contributed by atoms with E-state index in [9.17, 15) is 4.79 Å². The molecule has 0 aliphatic heterocycles. The van der Waals surface area contributed by atoms with E-state index in [1.807, 2.05) is 32.9 Å². The van der Waals surface area contributed by atoms with Crippen molar-refractivity contribution in [3.05, 3.63) is 52.5 Å². The standard InChI is InChI=1S/C21H31N5O2S/c1-21(2,3)28-20(27)26(15-17-7-5-9-23-13-17)11-6-10-24-19(22-4)25-14-18-8-12-29-16-18/h5,7-9,12-13,16H,6,10-11,14-15H2,1-4H3,(H2,22,24,25). The van der Waals surface area contributed by atoms with Gasteiger partial charge in [0, 0.05) is 39.1 Å². The first-order chi connectivity index (χ1) is 13.9. The second-order valence-electron chi connectivity index (χ2n) is 7.60. The molecule has 0 spiro atoms. The topological polar surface area (TPSA) is 78.9 Å². The Kier molecular flexibility index (Phi) is 8.92. The highest BCUT2D eigenvalue weighted by Crippen LogP contribution is 2.13. The molecule has 0 saturated heterocycles. The summed E-state index contributed by atoms with van der Waals surface area (Å²) in [5.41, 5.74) is 1.67. The van der Waals surface area contributed by atoms with E-state index in [4.69, 9.17) is 4.74 Å². The van der Waals surface area contributed by atoms with Gasteiger partial charge in [-0.3, -0.25) is 9.98 Å². The molecule has 0 radical (unpaired) electrons. The van der Waals surface area contributed by atoms with Crippen LogP contribution in [0.3, 0.4) is 0 Å². The highest BCUT2D eigenvalue weighted by Gasteiger charge is 2.22. The Hall–Kier alpha value is -2.61. The lowest BCUT2D eigenvalue weighted by atomic mass is 10.2. The Morgan fingerprint density at radius 1 is 1.28 bits per heavy atom. The van der Waals surface area contributed by atoms with Crippen LogP contribution in [-0.4, -0.2) is 47.7 Å². The molecule has 0 fully saturated rings. The molecule has 2 aromatic heterocycles. The van der Waals surface area contributed by atoms with Crippen LogP contribution in [0.15, 0.2) is 46.3 Å². The van der Waals surface area contributed by atoms with Crippen LogP contribution in [0.4, 0.5) is 4.79 Å². The normalized spacial score (nSPS) is 11.8. The molecule has 2 aromatic rings. The number of carbonyl (C=O) groups is 1. The van der Waals surface area contributed by atoms with E-state index < -0.39 is 5.60 Å². The molecular formula is C21H31N5O2S. The molecule has 0 unspecified atom stereocenters. The quantitative estimate of drug-likeness (QED) is 0.389. The van der Waals surface area contributed by atoms with E-state index in [1.54, 1.807) is 35.7 Å². The number of hydrogen-bond acceptors (Lipinski definition) is 5. The molecule has 29 heavy (non-hydrogen) atoms. The maximum Gasteiger partial charge on any atom is 0.410 e. The first-order valence-corrected chi connectivity index (χ1v) is 10.6. The second-order valence-corrected chi connectivity index (χ2v) is 8.38.